The largest absolute Gasteiger partial charge is 0.477 e. The summed E-state index contributed by atoms with van der Waals surface area (Å²) in [6.07, 6.45) is 3.24. The molecule has 0 atom stereocenters. The molecule has 18 heavy (non-hydrogen) atoms. The first-order chi connectivity index (χ1) is 8.59. The summed E-state index contributed by atoms with van der Waals surface area (Å²) in [5.74, 6) is 0.162. The molecule has 0 aliphatic carbocycles. The number of hydrogen-bond donors (Lipinski definition) is 1. The molecule has 0 amide bonds. The minimum atomic E-state index is -0.877. The number of hydrogen-bond acceptors (Lipinski definition) is 4. The second kappa shape index (κ2) is 3.95. The van der Waals surface area contributed by atoms with Gasteiger partial charge in [-0.3, -0.25) is 0 Å². The van der Waals surface area contributed by atoms with Crippen LogP contribution < -0.4 is 0 Å². The van der Waals surface area contributed by atoms with Gasteiger partial charge in [0.15, 0.2) is 0 Å². The van der Waals surface area contributed by atoms with Crippen LogP contribution in [0.3, 0.4) is 0 Å². The molecule has 0 radical (unpaired) electrons. The van der Waals surface area contributed by atoms with Crippen molar-refractivity contribution < 1.29 is 9.90 Å². The van der Waals surface area contributed by atoms with Gasteiger partial charge in [-0.25, -0.2) is 9.79 Å². The van der Waals surface area contributed by atoms with E-state index in [4.69, 9.17) is 0 Å². The van der Waals surface area contributed by atoms with Crippen molar-refractivity contribution in [2.45, 2.75) is 26.2 Å². The van der Waals surface area contributed by atoms with Gasteiger partial charge in [0.1, 0.15) is 15.7 Å². The predicted molar refractivity (Wildman–Crippen MR) is 72.7 cm³/mol. The lowest BCUT2D eigenvalue weighted by Crippen LogP contribution is -2.35. The molecule has 2 aliphatic rings. The molecule has 5 heteroatoms. The van der Waals surface area contributed by atoms with Crippen LogP contribution in [0.1, 0.15) is 40.1 Å². The fraction of sp³-hybridized carbons (Fsp3) is 0.385. The van der Waals surface area contributed by atoms with Gasteiger partial charge in [-0.05, 0) is 25.3 Å². The van der Waals surface area contributed by atoms with Crippen molar-refractivity contribution in [3.05, 3.63) is 22.6 Å². The second-order valence-electron chi connectivity index (χ2n) is 4.62. The quantitative estimate of drug-likeness (QED) is 0.845. The van der Waals surface area contributed by atoms with E-state index in [0.29, 0.717) is 4.88 Å². The summed E-state index contributed by atoms with van der Waals surface area (Å²) in [6.45, 7) is 6.91. The number of carboxylic acid groups (broad SMARTS) is 1. The molecule has 3 heterocycles. The number of carboxylic acids is 1. The molecule has 1 aromatic heterocycles. The zero-order valence-corrected chi connectivity index (χ0v) is 11.0. The van der Waals surface area contributed by atoms with Crippen LogP contribution in [0.5, 0.6) is 0 Å². The van der Waals surface area contributed by atoms with E-state index in [1.54, 1.807) is 0 Å². The molecular weight excluding hydrogens is 248 g/mol. The monoisotopic (exact) mass is 262 g/mol. The van der Waals surface area contributed by atoms with Crippen LogP contribution in [0.15, 0.2) is 11.6 Å². The smallest absolute Gasteiger partial charge is 0.346 e. The van der Waals surface area contributed by atoms with Gasteiger partial charge in [0.25, 0.3) is 0 Å². The average Bonchev–Trinajstić information content (AvgIpc) is 2.67. The van der Waals surface area contributed by atoms with Gasteiger partial charge in [-0.1, -0.05) is 6.58 Å². The van der Waals surface area contributed by atoms with E-state index in [-0.39, 0.29) is 0 Å². The molecular formula is C13H14N2O2S. The highest BCUT2D eigenvalue weighted by Gasteiger charge is 2.30. The number of thiophene rings is 1. The van der Waals surface area contributed by atoms with E-state index < -0.39 is 5.97 Å². The molecule has 4 nitrogen and oxygen atoms in total. The molecule has 3 rings (SSSR count). The van der Waals surface area contributed by atoms with Crippen LogP contribution >= 0.6 is 11.3 Å². The first-order valence-corrected chi connectivity index (χ1v) is 6.82. The molecule has 1 fully saturated rings. The van der Waals surface area contributed by atoms with Crippen LogP contribution in [0.4, 0.5) is 5.00 Å². The maximum Gasteiger partial charge on any atom is 0.346 e. The number of piperidine rings is 1. The standard InChI is InChI=1S/C13H14N2O2S/c1-7-10-8(2)15-6-4-3-5-9(15)14-12(10)18-11(7)13(16)17/h2-6H2,1H3,(H,16,17). The highest BCUT2D eigenvalue weighted by Crippen LogP contribution is 2.44. The Labute approximate surface area is 109 Å². The molecule has 0 bridgehead atoms. The zero-order valence-electron chi connectivity index (χ0n) is 10.2. The topological polar surface area (TPSA) is 52.9 Å². The summed E-state index contributed by atoms with van der Waals surface area (Å²) in [7, 11) is 0. The van der Waals surface area contributed by atoms with Gasteiger partial charge < -0.3 is 10.0 Å². The maximum atomic E-state index is 11.2. The fourth-order valence-corrected chi connectivity index (χ4v) is 3.66. The first kappa shape index (κ1) is 11.5. The zero-order chi connectivity index (χ0) is 12.9. The van der Waals surface area contributed by atoms with Crippen molar-refractivity contribution >= 4 is 33.8 Å². The Bertz CT molecular complexity index is 586. The van der Waals surface area contributed by atoms with Crippen molar-refractivity contribution in [2.24, 2.45) is 4.99 Å². The molecule has 1 saturated heterocycles. The lowest BCUT2D eigenvalue weighted by Gasteiger charge is -2.34. The van der Waals surface area contributed by atoms with Crippen LogP contribution in [0.25, 0.3) is 5.70 Å². The second-order valence-corrected chi connectivity index (χ2v) is 5.62. The van der Waals surface area contributed by atoms with Crippen LogP contribution in [0, 0.1) is 6.92 Å². The summed E-state index contributed by atoms with van der Waals surface area (Å²) in [6, 6.07) is 0. The third-order valence-electron chi connectivity index (χ3n) is 3.51. The molecule has 94 valence electrons. The van der Waals surface area contributed by atoms with Gasteiger partial charge >= 0.3 is 5.97 Å². The van der Waals surface area contributed by atoms with Crippen LogP contribution in [-0.2, 0) is 0 Å². The highest BCUT2D eigenvalue weighted by atomic mass is 32.1. The van der Waals surface area contributed by atoms with Crippen molar-refractivity contribution in [3.8, 4) is 0 Å². The Morgan fingerprint density at radius 1 is 1.50 bits per heavy atom. The molecule has 0 aromatic carbocycles. The summed E-state index contributed by atoms with van der Waals surface area (Å²) >= 11 is 1.25. The first-order valence-electron chi connectivity index (χ1n) is 6.00. The minimum Gasteiger partial charge on any atom is -0.477 e. The van der Waals surface area contributed by atoms with Gasteiger partial charge in [0, 0.05) is 24.2 Å². The van der Waals surface area contributed by atoms with E-state index in [1.165, 1.54) is 11.3 Å². The number of aromatic carboxylic acids is 1. The molecule has 0 spiro atoms. The molecule has 0 unspecified atom stereocenters. The molecule has 1 aromatic rings. The Morgan fingerprint density at radius 2 is 2.28 bits per heavy atom. The van der Waals surface area contributed by atoms with E-state index in [1.807, 2.05) is 6.92 Å². The van der Waals surface area contributed by atoms with E-state index in [9.17, 15) is 9.90 Å². The lowest BCUT2D eigenvalue weighted by atomic mass is 10.0. The molecule has 1 N–H and O–H groups in total. The van der Waals surface area contributed by atoms with E-state index in [0.717, 1.165) is 53.5 Å². The van der Waals surface area contributed by atoms with Crippen molar-refractivity contribution in [3.63, 3.8) is 0 Å². The fourth-order valence-electron chi connectivity index (χ4n) is 2.60. The third-order valence-corrected chi connectivity index (χ3v) is 4.68. The Morgan fingerprint density at radius 3 is 3.00 bits per heavy atom. The average molecular weight is 262 g/mol. The summed E-state index contributed by atoms with van der Waals surface area (Å²) in [5, 5.41) is 9.99. The normalized spacial score (nSPS) is 18.2. The lowest BCUT2D eigenvalue weighted by molar-refractivity contribution is 0.0701. The Kier molecular flexibility index (Phi) is 2.52. The number of carbonyl (C=O) groups is 1. The van der Waals surface area contributed by atoms with Crippen molar-refractivity contribution in [1.82, 2.24) is 4.90 Å². The number of nitrogens with zero attached hydrogens (tertiary/aromatic N) is 2. The minimum absolute atomic E-state index is 0.380. The number of amidine groups is 1. The van der Waals surface area contributed by atoms with E-state index >= 15 is 0 Å². The van der Waals surface area contributed by atoms with Gasteiger partial charge in [0.05, 0.1) is 0 Å². The van der Waals surface area contributed by atoms with Crippen LogP contribution in [0.2, 0.25) is 0 Å². The summed E-state index contributed by atoms with van der Waals surface area (Å²) in [5.41, 5.74) is 2.62. The molecule has 0 saturated carbocycles. The number of aliphatic imine (C=N–C) groups is 1. The number of fused-ring (bicyclic) bond motifs is 2. The van der Waals surface area contributed by atoms with Crippen LogP contribution in [-0.4, -0.2) is 28.4 Å². The number of rotatable bonds is 1. The van der Waals surface area contributed by atoms with Gasteiger partial charge in [0.2, 0.25) is 0 Å². The van der Waals surface area contributed by atoms with Crippen molar-refractivity contribution in [1.29, 1.82) is 0 Å². The predicted octanol–water partition coefficient (Wildman–Crippen LogP) is 3.25. The summed E-state index contributed by atoms with van der Waals surface area (Å²) < 4.78 is 0. The van der Waals surface area contributed by atoms with E-state index in [2.05, 4.69) is 16.5 Å². The molecule has 2 aliphatic heterocycles. The highest BCUT2D eigenvalue weighted by molar-refractivity contribution is 7.18. The third kappa shape index (κ3) is 1.50. The van der Waals surface area contributed by atoms with Gasteiger partial charge in [-0.15, -0.1) is 11.3 Å². The van der Waals surface area contributed by atoms with Crippen molar-refractivity contribution in [2.75, 3.05) is 6.54 Å². The Hall–Kier alpha value is -1.62. The summed E-state index contributed by atoms with van der Waals surface area (Å²) in [4.78, 5) is 18.3. The maximum absolute atomic E-state index is 11.2. The Balaban J connectivity index is 2.17. The van der Waals surface area contributed by atoms with Gasteiger partial charge in [-0.2, -0.15) is 0 Å². The SMILES string of the molecule is C=C1c2c(sc(C(=O)O)c2C)N=C2CCCCN12.